The molecule has 25 heavy (non-hydrogen) atoms. The molecule has 2 heterocycles. The standard InChI is InChI=1S/C17H20ClN3O3S/c1-10(2)15(23)19-7-8-20-16(24)17-6-5-14(22)21(17)12-9-11(18)3-4-13(12)25-17/h3-4,9-10H,5-8H2,1-2H3,(H,19,23)(H,20,24). The van der Waals surface area contributed by atoms with E-state index in [1.807, 2.05) is 19.9 Å². The summed E-state index contributed by atoms with van der Waals surface area (Å²) < 4.78 is 0. The van der Waals surface area contributed by atoms with Crippen LogP contribution >= 0.6 is 23.4 Å². The van der Waals surface area contributed by atoms with Gasteiger partial charge in [0.25, 0.3) is 5.91 Å². The molecule has 2 aliphatic heterocycles. The summed E-state index contributed by atoms with van der Waals surface area (Å²) in [5, 5.41) is 6.14. The maximum atomic E-state index is 12.9. The summed E-state index contributed by atoms with van der Waals surface area (Å²) in [5.41, 5.74) is 0.697. The van der Waals surface area contributed by atoms with Crippen LogP contribution in [0, 0.1) is 5.92 Å². The van der Waals surface area contributed by atoms with Crippen molar-refractivity contribution in [2.75, 3.05) is 18.0 Å². The summed E-state index contributed by atoms with van der Waals surface area (Å²) in [6, 6.07) is 5.32. The highest BCUT2D eigenvalue weighted by molar-refractivity contribution is 8.02. The number of thioether (sulfide) groups is 1. The van der Waals surface area contributed by atoms with Crippen LogP contribution in [0.25, 0.3) is 0 Å². The normalized spacial score (nSPS) is 21.3. The molecular weight excluding hydrogens is 362 g/mol. The fourth-order valence-corrected chi connectivity index (χ4v) is 4.61. The van der Waals surface area contributed by atoms with Gasteiger partial charge in [-0.1, -0.05) is 37.2 Å². The largest absolute Gasteiger partial charge is 0.354 e. The van der Waals surface area contributed by atoms with Crippen molar-refractivity contribution in [3.8, 4) is 0 Å². The Hall–Kier alpha value is -1.73. The summed E-state index contributed by atoms with van der Waals surface area (Å²) in [6.45, 7) is 4.30. The van der Waals surface area contributed by atoms with Gasteiger partial charge in [0.05, 0.1) is 5.69 Å². The van der Waals surface area contributed by atoms with Gasteiger partial charge in [0.15, 0.2) is 4.87 Å². The number of fused-ring (bicyclic) bond motifs is 3. The molecular formula is C17H20ClN3O3S. The van der Waals surface area contributed by atoms with E-state index in [0.717, 1.165) is 4.90 Å². The monoisotopic (exact) mass is 381 g/mol. The predicted molar refractivity (Wildman–Crippen MR) is 97.6 cm³/mol. The van der Waals surface area contributed by atoms with Gasteiger partial charge in [-0.3, -0.25) is 19.3 Å². The van der Waals surface area contributed by atoms with Crippen molar-refractivity contribution in [1.82, 2.24) is 10.6 Å². The molecule has 0 spiro atoms. The molecule has 1 unspecified atom stereocenters. The molecule has 0 aromatic heterocycles. The highest BCUT2D eigenvalue weighted by Crippen LogP contribution is 2.56. The predicted octanol–water partition coefficient (Wildman–Crippen LogP) is 2.16. The fourth-order valence-electron chi connectivity index (χ4n) is 3.03. The molecule has 1 aromatic rings. The van der Waals surface area contributed by atoms with Crippen molar-refractivity contribution in [1.29, 1.82) is 0 Å². The molecule has 3 rings (SSSR count). The number of rotatable bonds is 5. The lowest BCUT2D eigenvalue weighted by molar-refractivity contribution is -0.125. The number of nitrogens with one attached hydrogen (secondary N) is 2. The van der Waals surface area contributed by atoms with E-state index in [9.17, 15) is 14.4 Å². The lowest BCUT2D eigenvalue weighted by Crippen LogP contribution is -2.53. The van der Waals surface area contributed by atoms with Gasteiger partial charge in [0, 0.05) is 35.3 Å². The quantitative estimate of drug-likeness (QED) is 0.766. The van der Waals surface area contributed by atoms with Crippen molar-refractivity contribution in [2.45, 2.75) is 36.5 Å². The third-order valence-electron chi connectivity index (χ3n) is 4.32. The molecule has 3 amide bonds. The number of carbonyl (C=O) groups is 3. The zero-order chi connectivity index (χ0) is 18.2. The zero-order valence-corrected chi connectivity index (χ0v) is 15.7. The van der Waals surface area contributed by atoms with E-state index in [4.69, 9.17) is 11.6 Å². The van der Waals surface area contributed by atoms with E-state index < -0.39 is 4.87 Å². The van der Waals surface area contributed by atoms with Crippen LogP contribution < -0.4 is 15.5 Å². The molecule has 1 atom stereocenters. The van der Waals surface area contributed by atoms with Crippen molar-refractivity contribution in [2.24, 2.45) is 5.92 Å². The second kappa shape index (κ2) is 6.88. The average Bonchev–Trinajstić information content (AvgIpc) is 3.07. The first-order chi connectivity index (χ1) is 11.8. The minimum atomic E-state index is -0.952. The van der Waals surface area contributed by atoms with Gasteiger partial charge in [-0.25, -0.2) is 0 Å². The lowest BCUT2D eigenvalue weighted by atomic mass is 10.2. The van der Waals surface area contributed by atoms with Crippen LogP contribution in [0.5, 0.6) is 0 Å². The number of halogens is 1. The first-order valence-corrected chi connectivity index (χ1v) is 9.42. The van der Waals surface area contributed by atoms with Gasteiger partial charge in [-0.2, -0.15) is 0 Å². The summed E-state index contributed by atoms with van der Waals surface area (Å²) >= 11 is 7.45. The molecule has 2 aliphatic rings. The van der Waals surface area contributed by atoms with Gasteiger partial charge in [-0.05, 0) is 24.6 Å². The third-order valence-corrected chi connectivity index (χ3v) is 6.03. The van der Waals surface area contributed by atoms with Crippen molar-refractivity contribution >= 4 is 46.8 Å². The molecule has 1 aromatic carbocycles. The van der Waals surface area contributed by atoms with E-state index in [1.165, 1.54) is 11.8 Å². The number of anilines is 1. The number of hydrogen-bond acceptors (Lipinski definition) is 4. The molecule has 0 bridgehead atoms. The Kier molecular flexibility index (Phi) is 4.97. The molecule has 0 radical (unpaired) electrons. The molecule has 8 heteroatoms. The van der Waals surface area contributed by atoms with Gasteiger partial charge in [-0.15, -0.1) is 0 Å². The number of amides is 3. The van der Waals surface area contributed by atoms with Gasteiger partial charge >= 0.3 is 0 Å². The van der Waals surface area contributed by atoms with Crippen molar-refractivity contribution in [3.05, 3.63) is 23.2 Å². The Bertz CT molecular complexity index is 740. The fraction of sp³-hybridized carbons (Fsp3) is 0.471. The summed E-state index contributed by atoms with van der Waals surface area (Å²) in [6.07, 6.45) is 0.781. The summed E-state index contributed by atoms with van der Waals surface area (Å²) in [7, 11) is 0. The highest BCUT2D eigenvalue weighted by Gasteiger charge is 2.57. The Morgan fingerprint density at radius 2 is 2.04 bits per heavy atom. The lowest BCUT2D eigenvalue weighted by Gasteiger charge is -2.29. The van der Waals surface area contributed by atoms with Gasteiger partial charge in [0.2, 0.25) is 11.8 Å². The van der Waals surface area contributed by atoms with Crippen LogP contribution in [0.1, 0.15) is 26.7 Å². The minimum Gasteiger partial charge on any atom is -0.354 e. The first kappa shape index (κ1) is 18.1. The van der Waals surface area contributed by atoms with E-state index in [2.05, 4.69) is 10.6 Å². The summed E-state index contributed by atoms with van der Waals surface area (Å²) in [5.74, 6) is -0.435. The average molecular weight is 382 g/mol. The van der Waals surface area contributed by atoms with Gasteiger partial charge in [0.1, 0.15) is 0 Å². The number of nitrogens with zero attached hydrogens (tertiary/aromatic N) is 1. The Morgan fingerprint density at radius 1 is 1.32 bits per heavy atom. The van der Waals surface area contributed by atoms with Crippen LogP contribution in [0.4, 0.5) is 5.69 Å². The zero-order valence-electron chi connectivity index (χ0n) is 14.1. The maximum absolute atomic E-state index is 12.9. The molecule has 6 nitrogen and oxygen atoms in total. The van der Waals surface area contributed by atoms with Crippen molar-refractivity contribution in [3.63, 3.8) is 0 Å². The Morgan fingerprint density at radius 3 is 2.76 bits per heavy atom. The Labute approximate surface area is 155 Å². The molecule has 134 valence electrons. The molecule has 1 fully saturated rings. The third kappa shape index (κ3) is 3.22. The molecule has 0 aliphatic carbocycles. The molecule has 2 N–H and O–H groups in total. The molecule has 1 saturated heterocycles. The van der Waals surface area contributed by atoms with Crippen LogP contribution in [0.3, 0.4) is 0 Å². The minimum absolute atomic E-state index is 0.0534. The second-order valence-corrected chi connectivity index (χ2v) is 8.19. The van der Waals surface area contributed by atoms with E-state index in [0.29, 0.717) is 36.6 Å². The smallest absolute Gasteiger partial charge is 0.257 e. The number of hydrogen-bond donors (Lipinski definition) is 2. The van der Waals surface area contributed by atoms with Crippen LogP contribution in [-0.4, -0.2) is 35.7 Å². The number of carbonyl (C=O) groups excluding carboxylic acids is 3. The number of benzene rings is 1. The van der Waals surface area contributed by atoms with Crippen LogP contribution in [0.2, 0.25) is 5.02 Å². The highest BCUT2D eigenvalue weighted by atomic mass is 35.5. The van der Waals surface area contributed by atoms with E-state index >= 15 is 0 Å². The topological polar surface area (TPSA) is 78.5 Å². The maximum Gasteiger partial charge on any atom is 0.257 e. The Balaban J connectivity index is 1.70. The van der Waals surface area contributed by atoms with Crippen LogP contribution in [0.15, 0.2) is 23.1 Å². The van der Waals surface area contributed by atoms with Gasteiger partial charge < -0.3 is 10.6 Å². The summed E-state index contributed by atoms with van der Waals surface area (Å²) in [4.78, 5) is 38.3. The van der Waals surface area contributed by atoms with Crippen LogP contribution in [-0.2, 0) is 14.4 Å². The first-order valence-electron chi connectivity index (χ1n) is 8.23. The van der Waals surface area contributed by atoms with E-state index in [1.54, 1.807) is 17.0 Å². The van der Waals surface area contributed by atoms with E-state index in [-0.39, 0.29) is 23.6 Å². The second-order valence-electron chi connectivity index (χ2n) is 6.43. The SMILES string of the molecule is CC(C)C(=O)NCCNC(=O)C12CCC(=O)N1c1cc(Cl)ccc1S2. The molecule has 0 saturated carbocycles. The van der Waals surface area contributed by atoms with Crippen molar-refractivity contribution < 1.29 is 14.4 Å².